The number of pyridine rings is 1. The molecule has 0 amide bonds. The first-order valence-electron chi connectivity index (χ1n) is 11.5. The van der Waals surface area contributed by atoms with Crippen molar-refractivity contribution >= 4 is 40.7 Å². The third kappa shape index (κ3) is 5.85. The van der Waals surface area contributed by atoms with Crippen LogP contribution in [0.1, 0.15) is 26.5 Å². The number of aromatic nitrogens is 1. The fraction of sp³-hybridized carbons (Fsp3) is 0.133. The first kappa shape index (κ1) is 24.4. The van der Waals surface area contributed by atoms with Gasteiger partial charge in [0.2, 0.25) is 0 Å². The standard InChI is InChI=1S/C30H29N2O2P/c1-30(2,3)34-29(33)22-21-27-28(20-13-23-31-27)32-35(24-14-7-4-8-15-24,25-16-9-5-10-17-25)26-18-11-6-12-19-26/h4-23H,1-3H3/b22-21+. The number of carbonyl (C=O) groups is 1. The Bertz CT molecular complexity index is 1260. The van der Waals surface area contributed by atoms with Gasteiger partial charge in [-0.3, -0.25) is 9.73 Å². The number of hydrogen-bond donors (Lipinski definition) is 0. The zero-order valence-electron chi connectivity index (χ0n) is 20.2. The van der Waals surface area contributed by atoms with Gasteiger partial charge in [-0.2, -0.15) is 0 Å². The smallest absolute Gasteiger partial charge is 0.331 e. The topological polar surface area (TPSA) is 51.5 Å². The molecule has 0 radical (unpaired) electrons. The summed E-state index contributed by atoms with van der Waals surface area (Å²) in [6.07, 6.45) is 4.81. The van der Waals surface area contributed by atoms with Crippen molar-refractivity contribution in [1.82, 2.24) is 4.98 Å². The summed E-state index contributed by atoms with van der Waals surface area (Å²) in [5.74, 6) is -0.413. The van der Waals surface area contributed by atoms with Crippen LogP contribution in [0.5, 0.6) is 0 Å². The molecule has 0 saturated carbocycles. The lowest BCUT2D eigenvalue weighted by Crippen LogP contribution is -2.25. The number of rotatable bonds is 6. The van der Waals surface area contributed by atoms with E-state index in [0.29, 0.717) is 5.69 Å². The molecule has 0 saturated heterocycles. The monoisotopic (exact) mass is 480 g/mol. The molecular formula is C30H29N2O2P. The molecule has 0 aliphatic carbocycles. The Morgan fingerprint density at radius 1 is 0.771 bits per heavy atom. The third-order valence-electron chi connectivity index (χ3n) is 5.25. The maximum absolute atomic E-state index is 12.3. The van der Waals surface area contributed by atoms with Gasteiger partial charge in [-0.05, 0) is 39.0 Å². The number of benzene rings is 3. The molecule has 0 fully saturated rings. The van der Waals surface area contributed by atoms with Crippen molar-refractivity contribution in [3.63, 3.8) is 0 Å². The van der Waals surface area contributed by atoms with Crippen molar-refractivity contribution in [3.8, 4) is 0 Å². The van der Waals surface area contributed by atoms with Crippen molar-refractivity contribution in [2.24, 2.45) is 4.74 Å². The highest BCUT2D eigenvalue weighted by Gasteiger charge is 2.27. The van der Waals surface area contributed by atoms with Crippen LogP contribution in [0.4, 0.5) is 5.69 Å². The number of nitrogens with zero attached hydrogens (tertiary/aromatic N) is 2. The highest BCUT2D eigenvalue weighted by Crippen LogP contribution is 2.49. The quantitative estimate of drug-likeness (QED) is 0.186. The molecule has 4 aromatic rings. The van der Waals surface area contributed by atoms with Gasteiger partial charge in [0.1, 0.15) is 5.60 Å². The van der Waals surface area contributed by atoms with Crippen molar-refractivity contribution in [2.75, 3.05) is 0 Å². The van der Waals surface area contributed by atoms with E-state index < -0.39 is 18.6 Å². The van der Waals surface area contributed by atoms with E-state index in [1.165, 1.54) is 6.08 Å². The van der Waals surface area contributed by atoms with Gasteiger partial charge in [0, 0.05) is 28.2 Å². The minimum Gasteiger partial charge on any atom is -0.457 e. The average molecular weight is 481 g/mol. The largest absolute Gasteiger partial charge is 0.457 e. The summed E-state index contributed by atoms with van der Waals surface area (Å²) >= 11 is 0. The van der Waals surface area contributed by atoms with Crippen molar-refractivity contribution < 1.29 is 9.53 Å². The van der Waals surface area contributed by atoms with E-state index in [0.717, 1.165) is 21.6 Å². The zero-order valence-corrected chi connectivity index (χ0v) is 21.1. The summed E-state index contributed by atoms with van der Waals surface area (Å²) in [6.45, 7) is 5.54. The van der Waals surface area contributed by atoms with Crippen LogP contribution < -0.4 is 15.9 Å². The molecule has 0 aliphatic rings. The Morgan fingerprint density at radius 3 is 1.71 bits per heavy atom. The van der Waals surface area contributed by atoms with E-state index in [1.54, 1.807) is 12.3 Å². The minimum atomic E-state index is -2.45. The molecule has 0 bridgehead atoms. The Balaban J connectivity index is 1.97. The molecule has 4 nitrogen and oxygen atoms in total. The van der Waals surface area contributed by atoms with Gasteiger partial charge in [0.15, 0.2) is 0 Å². The second kappa shape index (κ2) is 10.7. The maximum Gasteiger partial charge on any atom is 0.331 e. The summed E-state index contributed by atoms with van der Waals surface area (Å²) in [7, 11) is -2.45. The van der Waals surface area contributed by atoms with Gasteiger partial charge in [-0.25, -0.2) is 4.79 Å². The third-order valence-corrected chi connectivity index (χ3v) is 8.90. The Labute approximate surface area is 207 Å². The number of ether oxygens (including phenoxy) is 1. The predicted molar refractivity (Wildman–Crippen MR) is 146 cm³/mol. The van der Waals surface area contributed by atoms with Crippen LogP contribution in [0.15, 0.2) is 120 Å². The lowest BCUT2D eigenvalue weighted by atomic mass is 10.2. The van der Waals surface area contributed by atoms with Crippen LogP contribution in [0.3, 0.4) is 0 Å². The number of esters is 1. The molecule has 3 aromatic carbocycles. The Morgan fingerprint density at radius 2 is 1.26 bits per heavy atom. The van der Waals surface area contributed by atoms with Gasteiger partial charge < -0.3 is 4.74 Å². The lowest BCUT2D eigenvalue weighted by Gasteiger charge is -2.27. The molecule has 0 atom stereocenters. The van der Waals surface area contributed by atoms with Gasteiger partial charge >= 0.3 is 5.97 Å². The molecular weight excluding hydrogens is 451 g/mol. The van der Waals surface area contributed by atoms with Crippen LogP contribution in [0.2, 0.25) is 0 Å². The fourth-order valence-corrected chi connectivity index (χ4v) is 7.36. The number of hydrogen-bond acceptors (Lipinski definition) is 4. The minimum absolute atomic E-state index is 0.413. The average Bonchev–Trinajstić information content (AvgIpc) is 2.87. The molecule has 0 unspecified atom stereocenters. The second-order valence-electron chi connectivity index (χ2n) is 9.02. The molecule has 0 N–H and O–H groups in total. The highest BCUT2D eigenvalue weighted by molar-refractivity contribution is 7.87. The van der Waals surface area contributed by atoms with Crippen LogP contribution in [0, 0.1) is 0 Å². The van der Waals surface area contributed by atoms with Gasteiger partial charge in [-0.15, -0.1) is 0 Å². The fourth-order valence-electron chi connectivity index (χ4n) is 3.82. The molecule has 0 aliphatic heterocycles. The van der Waals surface area contributed by atoms with E-state index in [-0.39, 0.29) is 0 Å². The van der Waals surface area contributed by atoms with E-state index in [9.17, 15) is 4.79 Å². The summed E-state index contributed by atoms with van der Waals surface area (Å²) in [4.78, 5) is 16.9. The molecule has 1 aromatic heterocycles. The van der Waals surface area contributed by atoms with Crippen LogP contribution in [-0.4, -0.2) is 16.6 Å². The summed E-state index contributed by atoms with van der Waals surface area (Å²) in [5, 5.41) is 3.43. The molecule has 5 heteroatoms. The SMILES string of the molecule is CC(C)(C)OC(=O)/C=C/c1ncccc1N=P(c1ccccc1)(c1ccccc1)c1ccccc1. The Kier molecular flexibility index (Phi) is 7.43. The van der Waals surface area contributed by atoms with Gasteiger partial charge in [-0.1, -0.05) is 91.0 Å². The van der Waals surface area contributed by atoms with E-state index in [4.69, 9.17) is 9.48 Å². The molecule has 35 heavy (non-hydrogen) atoms. The van der Waals surface area contributed by atoms with Crippen LogP contribution >= 0.6 is 7.05 Å². The number of carbonyl (C=O) groups excluding carboxylic acids is 1. The van der Waals surface area contributed by atoms with Gasteiger partial charge in [0.05, 0.1) is 18.4 Å². The van der Waals surface area contributed by atoms with Gasteiger partial charge in [0.25, 0.3) is 0 Å². The maximum atomic E-state index is 12.3. The molecule has 1 heterocycles. The lowest BCUT2D eigenvalue weighted by molar-refractivity contribution is -0.148. The molecule has 4 rings (SSSR count). The second-order valence-corrected chi connectivity index (χ2v) is 12.0. The summed E-state index contributed by atoms with van der Waals surface area (Å²) in [6, 6.07) is 35.1. The van der Waals surface area contributed by atoms with E-state index >= 15 is 0 Å². The Hall–Kier alpha value is -3.75. The summed E-state index contributed by atoms with van der Waals surface area (Å²) < 4.78 is 10.9. The van der Waals surface area contributed by atoms with Crippen LogP contribution in [-0.2, 0) is 9.53 Å². The predicted octanol–water partition coefficient (Wildman–Crippen LogP) is 6.25. The zero-order chi connectivity index (χ0) is 24.7. The first-order valence-corrected chi connectivity index (χ1v) is 13.3. The first-order chi connectivity index (χ1) is 16.9. The molecule has 0 spiro atoms. The van der Waals surface area contributed by atoms with Crippen molar-refractivity contribution in [2.45, 2.75) is 26.4 Å². The van der Waals surface area contributed by atoms with Crippen molar-refractivity contribution in [3.05, 3.63) is 121 Å². The van der Waals surface area contributed by atoms with Crippen LogP contribution in [0.25, 0.3) is 6.08 Å². The van der Waals surface area contributed by atoms with E-state index in [1.807, 2.05) is 51.1 Å². The van der Waals surface area contributed by atoms with Crippen molar-refractivity contribution in [1.29, 1.82) is 0 Å². The normalized spacial score (nSPS) is 11.9. The highest BCUT2D eigenvalue weighted by atomic mass is 31.2. The molecule has 176 valence electrons. The summed E-state index contributed by atoms with van der Waals surface area (Å²) in [5.41, 5.74) is 0.774. The van der Waals surface area contributed by atoms with E-state index in [2.05, 4.69) is 77.8 Å².